The Morgan fingerprint density at radius 1 is 1.11 bits per heavy atom. The van der Waals surface area contributed by atoms with Gasteiger partial charge in [-0.15, -0.1) is 0 Å². The summed E-state index contributed by atoms with van der Waals surface area (Å²) in [6.07, 6.45) is 0. The van der Waals surface area contributed by atoms with Crippen LogP contribution in [-0.2, 0) is 0 Å². The van der Waals surface area contributed by atoms with Gasteiger partial charge in [0.25, 0.3) is 5.69 Å². The molecule has 0 heterocycles. The number of nitrogens with zero attached hydrogens (tertiary/aromatic N) is 2. The van der Waals surface area contributed by atoms with Crippen LogP contribution in [0.25, 0.3) is 0 Å². The van der Waals surface area contributed by atoms with Crippen LogP contribution in [0.1, 0.15) is 5.56 Å². The molecule has 0 amide bonds. The van der Waals surface area contributed by atoms with Crippen molar-refractivity contribution in [1.82, 2.24) is 0 Å². The first-order chi connectivity index (χ1) is 8.99. The Balaban J connectivity index is 2.34. The van der Waals surface area contributed by atoms with Gasteiger partial charge < -0.3 is 4.90 Å². The molecule has 19 heavy (non-hydrogen) atoms. The fourth-order valence-electron chi connectivity index (χ4n) is 1.77. The minimum atomic E-state index is -0.364. The number of anilines is 2. The summed E-state index contributed by atoms with van der Waals surface area (Å²) in [5.74, 6) is 0. The standard InChI is InChI=1S/C14H13IN2O2/c1-10-3-5-11(6-4-10)16(2)12-7-8-14(17(18)19)13(15)9-12/h3-9H,1-2H3. The first-order valence-electron chi connectivity index (χ1n) is 5.73. The summed E-state index contributed by atoms with van der Waals surface area (Å²) >= 11 is 1.99. The highest BCUT2D eigenvalue weighted by atomic mass is 127. The Morgan fingerprint density at radius 2 is 1.68 bits per heavy atom. The Morgan fingerprint density at radius 3 is 2.21 bits per heavy atom. The van der Waals surface area contributed by atoms with Gasteiger partial charge in [0.05, 0.1) is 8.49 Å². The van der Waals surface area contributed by atoms with Crippen LogP contribution in [-0.4, -0.2) is 12.0 Å². The molecule has 0 N–H and O–H groups in total. The maximum absolute atomic E-state index is 10.8. The second-order valence-electron chi connectivity index (χ2n) is 4.29. The summed E-state index contributed by atoms with van der Waals surface area (Å²) in [6, 6.07) is 13.3. The molecule has 0 fully saturated rings. The lowest BCUT2D eigenvalue weighted by molar-refractivity contribution is -0.385. The summed E-state index contributed by atoms with van der Waals surface area (Å²) in [4.78, 5) is 12.4. The number of nitro groups is 1. The Kier molecular flexibility index (Phi) is 4.04. The Hall–Kier alpha value is -1.63. The molecule has 2 aromatic rings. The van der Waals surface area contributed by atoms with Crippen molar-refractivity contribution in [1.29, 1.82) is 0 Å². The summed E-state index contributed by atoms with van der Waals surface area (Å²) in [7, 11) is 1.95. The first kappa shape index (κ1) is 13.8. The average Bonchev–Trinajstić information content (AvgIpc) is 2.38. The second-order valence-corrected chi connectivity index (χ2v) is 5.45. The van der Waals surface area contributed by atoms with E-state index in [-0.39, 0.29) is 10.6 Å². The number of hydrogen-bond acceptors (Lipinski definition) is 3. The zero-order valence-electron chi connectivity index (χ0n) is 10.6. The van der Waals surface area contributed by atoms with Crippen molar-refractivity contribution in [3.8, 4) is 0 Å². The lowest BCUT2D eigenvalue weighted by Crippen LogP contribution is -2.09. The first-order valence-corrected chi connectivity index (χ1v) is 6.81. The number of rotatable bonds is 3. The van der Waals surface area contributed by atoms with Gasteiger partial charge in [0, 0.05) is 24.5 Å². The fourth-order valence-corrected chi connectivity index (χ4v) is 2.47. The summed E-state index contributed by atoms with van der Waals surface area (Å²) < 4.78 is 0.638. The number of nitro benzene ring substituents is 1. The van der Waals surface area contributed by atoms with Crippen molar-refractivity contribution in [2.75, 3.05) is 11.9 Å². The smallest absolute Gasteiger partial charge is 0.282 e. The molecule has 0 atom stereocenters. The highest BCUT2D eigenvalue weighted by Crippen LogP contribution is 2.29. The number of aryl methyl sites for hydroxylation is 1. The third-order valence-electron chi connectivity index (χ3n) is 2.94. The molecular formula is C14H13IN2O2. The van der Waals surface area contributed by atoms with Crippen molar-refractivity contribution >= 4 is 39.7 Å². The van der Waals surface area contributed by atoms with Crippen molar-refractivity contribution < 1.29 is 4.92 Å². The van der Waals surface area contributed by atoms with Gasteiger partial charge in [-0.2, -0.15) is 0 Å². The molecule has 0 spiro atoms. The summed E-state index contributed by atoms with van der Waals surface area (Å²) in [5.41, 5.74) is 3.33. The molecule has 5 heteroatoms. The molecule has 0 aliphatic carbocycles. The minimum Gasteiger partial charge on any atom is -0.345 e. The topological polar surface area (TPSA) is 46.4 Å². The maximum Gasteiger partial charge on any atom is 0.282 e. The van der Waals surface area contributed by atoms with Crippen molar-refractivity contribution in [2.24, 2.45) is 0 Å². The second kappa shape index (κ2) is 5.56. The quantitative estimate of drug-likeness (QED) is 0.462. The Labute approximate surface area is 125 Å². The normalized spacial score (nSPS) is 10.3. The zero-order chi connectivity index (χ0) is 14.0. The third-order valence-corrected chi connectivity index (χ3v) is 3.80. The van der Waals surface area contributed by atoms with Crippen molar-refractivity contribution in [3.05, 3.63) is 61.7 Å². The van der Waals surface area contributed by atoms with Gasteiger partial charge in [0.2, 0.25) is 0 Å². The molecule has 0 aliphatic rings. The number of hydrogen-bond donors (Lipinski definition) is 0. The van der Waals surface area contributed by atoms with Gasteiger partial charge in [0.15, 0.2) is 0 Å². The van der Waals surface area contributed by atoms with Crippen LogP contribution >= 0.6 is 22.6 Å². The molecule has 0 unspecified atom stereocenters. The maximum atomic E-state index is 10.8. The lowest BCUT2D eigenvalue weighted by atomic mass is 10.2. The Bertz CT molecular complexity index is 611. The van der Waals surface area contributed by atoms with Gasteiger partial charge in [-0.05, 0) is 53.8 Å². The molecule has 0 saturated heterocycles. The monoisotopic (exact) mass is 368 g/mol. The van der Waals surface area contributed by atoms with E-state index in [0.717, 1.165) is 11.4 Å². The molecule has 0 bridgehead atoms. The highest BCUT2D eigenvalue weighted by Gasteiger charge is 2.13. The number of halogens is 1. The minimum absolute atomic E-state index is 0.140. The lowest BCUT2D eigenvalue weighted by Gasteiger charge is -2.19. The average molecular weight is 368 g/mol. The van der Waals surface area contributed by atoms with Crippen LogP contribution < -0.4 is 4.90 Å². The van der Waals surface area contributed by atoms with Crippen LogP contribution in [0.4, 0.5) is 17.1 Å². The van der Waals surface area contributed by atoms with Gasteiger partial charge in [-0.1, -0.05) is 17.7 Å². The van der Waals surface area contributed by atoms with Crippen LogP contribution in [0.3, 0.4) is 0 Å². The molecule has 0 saturated carbocycles. The van der Waals surface area contributed by atoms with E-state index in [0.29, 0.717) is 3.57 Å². The van der Waals surface area contributed by atoms with Gasteiger partial charge in [0.1, 0.15) is 0 Å². The largest absolute Gasteiger partial charge is 0.345 e. The highest BCUT2D eigenvalue weighted by molar-refractivity contribution is 14.1. The van der Waals surface area contributed by atoms with E-state index in [4.69, 9.17) is 0 Å². The van der Waals surface area contributed by atoms with E-state index in [1.54, 1.807) is 12.1 Å². The van der Waals surface area contributed by atoms with Gasteiger partial charge in [-0.25, -0.2) is 0 Å². The van der Waals surface area contributed by atoms with E-state index in [1.165, 1.54) is 5.56 Å². The predicted octanol–water partition coefficient (Wildman–Crippen LogP) is 4.28. The van der Waals surface area contributed by atoms with Crippen LogP contribution in [0, 0.1) is 20.6 Å². The van der Waals surface area contributed by atoms with E-state index < -0.39 is 0 Å². The fraction of sp³-hybridized carbons (Fsp3) is 0.143. The van der Waals surface area contributed by atoms with Crippen LogP contribution in [0.15, 0.2) is 42.5 Å². The van der Waals surface area contributed by atoms with Crippen LogP contribution in [0.2, 0.25) is 0 Å². The summed E-state index contributed by atoms with van der Waals surface area (Å²) in [5, 5.41) is 10.8. The van der Waals surface area contributed by atoms with E-state index in [2.05, 4.69) is 0 Å². The molecule has 2 aromatic carbocycles. The summed E-state index contributed by atoms with van der Waals surface area (Å²) in [6.45, 7) is 2.04. The van der Waals surface area contributed by atoms with Gasteiger partial charge in [-0.3, -0.25) is 10.1 Å². The predicted molar refractivity (Wildman–Crippen MR) is 85.1 cm³/mol. The van der Waals surface area contributed by atoms with E-state index in [1.807, 2.05) is 71.8 Å². The SMILES string of the molecule is Cc1ccc(N(C)c2ccc([N+](=O)[O-])c(I)c2)cc1. The van der Waals surface area contributed by atoms with Crippen LogP contribution in [0.5, 0.6) is 0 Å². The molecule has 0 aromatic heterocycles. The van der Waals surface area contributed by atoms with E-state index in [9.17, 15) is 10.1 Å². The van der Waals surface area contributed by atoms with Crippen molar-refractivity contribution in [3.63, 3.8) is 0 Å². The molecule has 2 rings (SSSR count). The molecule has 4 nitrogen and oxygen atoms in total. The number of benzene rings is 2. The zero-order valence-corrected chi connectivity index (χ0v) is 12.8. The molecule has 98 valence electrons. The third kappa shape index (κ3) is 3.04. The molecule has 0 radical (unpaired) electrons. The van der Waals surface area contributed by atoms with Gasteiger partial charge >= 0.3 is 0 Å². The molecular weight excluding hydrogens is 355 g/mol. The van der Waals surface area contributed by atoms with E-state index >= 15 is 0 Å². The molecule has 0 aliphatic heterocycles. The van der Waals surface area contributed by atoms with Crippen molar-refractivity contribution in [2.45, 2.75) is 6.92 Å².